The number of carbonyl (C=O) groups excluding carboxylic acids is 2. The standard InChI is InChI=1S/C27H28F7N3O3/c1-25(2,35)24(39)36-19-10-20-23(15-3-5-18(28)6-4-15)21(12-37(20)22(38)11-19)40-13-14-7-16(26(29,30)31)9-17(8-14)27(32,33)34/h3-9,19-21,23H,10-13,35H2,1-2H3,(H,36,39). The van der Waals surface area contributed by atoms with E-state index in [0.29, 0.717) is 17.7 Å². The van der Waals surface area contributed by atoms with E-state index in [9.17, 15) is 40.3 Å². The lowest BCUT2D eigenvalue weighted by Crippen LogP contribution is -2.56. The van der Waals surface area contributed by atoms with Crippen LogP contribution < -0.4 is 11.1 Å². The summed E-state index contributed by atoms with van der Waals surface area (Å²) in [5.41, 5.74) is 1.96. The summed E-state index contributed by atoms with van der Waals surface area (Å²) in [5.74, 6) is -1.89. The van der Waals surface area contributed by atoms with Crippen LogP contribution in [0.5, 0.6) is 0 Å². The molecule has 13 heteroatoms. The average Bonchev–Trinajstić information content (AvgIpc) is 3.20. The van der Waals surface area contributed by atoms with E-state index >= 15 is 0 Å². The number of nitrogens with zero attached hydrogens (tertiary/aromatic N) is 1. The molecule has 0 aliphatic carbocycles. The normalized spacial score (nSPS) is 23.8. The van der Waals surface area contributed by atoms with Gasteiger partial charge in [0, 0.05) is 31.0 Å². The number of alkyl halides is 6. The van der Waals surface area contributed by atoms with Crippen molar-refractivity contribution in [3.05, 3.63) is 70.5 Å². The second kappa shape index (κ2) is 10.7. The Hall–Kier alpha value is -3.19. The van der Waals surface area contributed by atoms with Gasteiger partial charge in [-0.15, -0.1) is 0 Å². The van der Waals surface area contributed by atoms with E-state index in [1.807, 2.05) is 0 Å². The lowest BCUT2D eigenvalue weighted by Gasteiger charge is -2.38. The highest BCUT2D eigenvalue weighted by Crippen LogP contribution is 2.42. The molecule has 3 N–H and O–H groups in total. The summed E-state index contributed by atoms with van der Waals surface area (Å²) in [4.78, 5) is 27.0. The molecular weight excluding hydrogens is 547 g/mol. The molecule has 0 aromatic heterocycles. The molecule has 0 spiro atoms. The van der Waals surface area contributed by atoms with Crippen LogP contribution in [0.2, 0.25) is 0 Å². The number of ether oxygens (including phenoxy) is 1. The Kier molecular flexibility index (Phi) is 7.94. The van der Waals surface area contributed by atoms with Crippen molar-refractivity contribution in [1.82, 2.24) is 10.2 Å². The molecule has 2 saturated heterocycles. The van der Waals surface area contributed by atoms with Crippen molar-refractivity contribution < 1.29 is 45.1 Å². The number of halogens is 7. The van der Waals surface area contributed by atoms with Crippen molar-refractivity contribution in [3.63, 3.8) is 0 Å². The smallest absolute Gasteiger partial charge is 0.371 e. The fraction of sp³-hybridized carbons (Fsp3) is 0.481. The van der Waals surface area contributed by atoms with E-state index in [0.717, 1.165) is 0 Å². The number of amides is 2. The van der Waals surface area contributed by atoms with Gasteiger partial charge in [-0.1, -0.05) is 12.1 Å². The molecule has 2 heterocycles. The van der Waals surface area contributed by atoms with Crippen LogP contribution in [-0.2, 0) is 33.3 Å². The third-order valence-corrected chi connectivity index (χ3v) is 7.15. The van der Waals surface area contributed by atoms with E-state index < -0.39 is 71.5 Å². The molecule has 2 aliphatic heterocycles. The van der Waals surface area contributed by atoms with Crippen LogP contribution in [0.25, 0.3) is 0 Å². The number of nitrogens with one attached hydrogen (secondary N) is 1. The fourth-order valence-electron chi connectivity index (χ4n) is 5.21. The highest BCUT2D eigenvalue weighted by Gasteiger charge is 2.49. The van der Waals surface area contributed by atoms with E-state index in [-0.39, 0.29) is 36.9 Å². The van der Waals surface area contributed by atoms with E-state index in [4.69, 9.17) is 10.5 Å². The number of hydrogen-bond acceptors (Lipinski definition) is 4. The Bertz CT molecular complexity index is 1220. The number of benzene rings is 2. The Morgan fingerprint density at radius 2 is 1.60 bits per heavy atom. The van der Waals surface area contributed by atoms with Crippen molar-refractivity contribution in [1.29, 1.82) is 0 Å². The Morgan fingerprint density at radius 3 is 2.12 bits per heavy atom. The minimum Gasteiger partial charge on any atom is -0.371 e. The summed E-state index contributed by atoms with van der Waals surface area (Å²) >= 11 is 0. The Labute approximate surface area is 225 Å². The minimum absolute atomic E-state index is 0.0136. The molecule has 4 atom stereocenters. The predicted molar refractivity (Wildman–Crippen MR) is 129 cm³/mol. The van der Waals surface area contributed by atoms with Gasteiger partial charge in [-0.2, -0.15) is 26.3 Å². The molecule has 40 heavy (non-hydrogen) atoms. The first-order valence-electron chi connectivity index (χ1n) is 12.5. The minimum atomic E-state index is -5.01. The van der Waals surface area contributed by atoms with Gasteiger partial charge < -0.3 is 20.7 Å². The first kappa shape index (κ1) is 29.8. The number of rotatable bonds is 6. The molecule has 0 saturated carbocycles. The molecule has 2 aromatic carbocycles. The summed E-state index contributed by atoms with van der Waals surface area (Å²) in [6.07, 6.45) is -10.6. The zero-order valence-electron chi connectivity index (χ0n) is 21.6. The van der Waals surface area contributed by atoms with Gasteiger partial charge in [0.05, 0.1) is 29.4 Å². The lowest BCUT2D eigenvalue weighted by atomic mass is 9.84. The third kappa shape index (κ3) is 6.57. The topological polar surface area (TPSA) is 84.7 Å². The van der Waals surface area contributed by atoms with E-state index in [1.54, 1.807) is 0 Å². The second-order valence-electron chi connectivity index (χ2n) is 10.8. The van der Waals surface area contributed by atoms with Gasteiger partial charge in [-0.3, -0.25) is 9.59 Å². The van der Waals surface area contributed by atoms with Crippen molar-refractivity contribution in [2.24, 2.45) is 5.73 Å². The lowest BCUT2D eigenvalue weighted by molar-refractivity contribution is -0.143. The van der Waals surface area contributed by atoms with Crippen molar-refractivity contribution in [3.8, 4) is 0 Å². The van der Waals surface area contributed by atoms with Gasteiger partial charge in [0.2, 0.25) is 11.8 Å². The number of carbonyl (C=O) groups is 2. The second-order valence-corrected chi connectivity index (χ2v) is 10.8. The van der Waals surface area contributed by atoms with Gasteiger partial charge in [0.15, 0.2) is 0 Å². The van der Waals surface area contributed by atoms with Crippen molar-refractivity contribution in [2.45, 2.75) is 75.3 Å². The highest BCUT2D eigenvalue weighted by molar-refractivity contribution is 5.86. The Morgan fingerprint density at radius 1 is 1.02 bits per heavy atom. The molecule has 0 radical (unpaired) electrons. The molecule has 2 fully saturated rings. The maximum absolute atomic E-state index is 13.7. The summed E-state index contributed by atoms with van der Waals surface area (Å²) in [6.45, 7) is 2.45. The average molecular weight is 576 g/mol. The molecule has 2 aliphatic rings. The van der Waals surface area contributed by atoms with Gasteiger partial charge in [0.25, 0.3) is 0 Å². The molecule has 218 valence electrons. The summed E-state index contributed by atoms with van der Waals surface area (Å²) in [7, 11) is 0. The van der Waals surface area contributed by atoms with Gasteiger partial charge in [-0.05, 0) is 61.7 Å². The van der Waals surface area contributed by atoms with Crippen LogP contribution in [0.1, 0.15) is 54.9 Å². The molecule has 0 bridgehead atoms. The molecule has 6 nitrogen and oxygen atoms in total. The van der Waals surface area contributed by atoms with Crippen LogP contribution in [0.3, 0.4) is 0 Å². The van der Waals surface area contributed by atoms with Crippen molar-refractivity contribution >= 4 is 11.8 Å². The largest absolute Gasteiger partial charge is 0.416 e. The van der Waals surface area contributed by atoms with Crippen LogP contribution in [0.4, 0.5) is 30.7 Å². The van der Waals surface area contributed by atoms with E-state index in [1.165, 1.54) is 43.0 Å². The van der Waals surface area contributed by atoms with Crippen molar-refractivity contribution in [2.75, 3.05) is 6.54 Å². The highest BCUT2D eigenvalue weighted by atomic mass is 19.4. The number of nitrogens with two attached hydrogens (primary N) is 1. The third-order valence-electron chi connectivity index (χ3n) is 7.15. The fourth-order valence-corrected chi connectivity index (χ4v) is 5.21. The SMILES string of the molecule is CC(C)(N)C(=O)NC1CC(=O)N2CC(OCc3cc(C(F)(F)F)cc(C(F)(F)F)c3)C(c3ccc(F)cc3)C2C1. The van der Waals surface area contributed by atoms with Gasteiger partial charge in [0.1, 0.15) is 5.82 Å². The van der Waals surface area contributed by atoms with Crippen LogP contribution in [0.15, 0.2) is 42.5 Å². The molecule has 2 aromatic rings. The Balaban J connectivity index is 1.62. The number of hydrogen-bond donors (Lipinski definition) is 2. The van der Waals surface area contributed by atoms with Crippen LogP contribution in [-0.4, -0.2) is 47.0 Å². The van der Waals surface area contributed by atoms with Gasteiger partial charge in [-0.25, -0.2) is 4.39 Å². The molecule has 4 unspecified atom stereocenters. The molecule has 2 amide bonds. The van der Waals surface area contributed by atoms with Crippen LogP contribution in [0, 0.1) is 5.82 Å². The number of fused-ring (bicyclic) bond motifs is 1. The zero-order chi connectivity index (χ0) is 29.6. The van der Waals surface area contributed by atoms with E-state index in [2.05, 4.69) is 5.32 Å². The quantitative estimate of drug-likeness (QED) is 0.487. The first-order chi connectivity index (χ1) is 18.4. The predicted octanol–water partition coefficient (Wildman–Crippen LogP) is 4.76. The zero-order valence-corrected chi connectivity index (χ0v) is 21.6. The molecular formula is C27H28F7N3O3. The maximum atomic E-state index is 13.7. The monoisotopic (exact) mass is 575 g/mol. The summed E-state index contributed by atoms with van der Waals surface area (Å²) < 4.78 is 99.5. The van der Waals surface area contributed by atoms with Crippen LogP contribution >= 0.6 is 0 Å². The first-order valence-corrected chi connectivity index (χ1v) is 12.5. The number of piperidine rings is 1. The maximum Gasteiger partial charge on any atom is 0.416 e. The van der Waals surface area contributed by atoms with Gasteiger partial charge >= 0.3 is 12.4 Å². The molecule has 4 rings (SSSR count). The summed E-state index contributed by atoms with van der Waals surface area (Å²) in [5, 5.41) is 2.77. The summed E-state index contributed by atoms with van der Waals surface area (Å²) in [6, 6.07) is 5.51.